The van der Waals surface area contributed by atoms with E-state index >= 15 is 0 Å². The highest BCUT2D eigenvalue weighted by Gasteiger charge is 2.17. The SMILES string of the molecule is CCN(c1cncc(-c2cc(NC(C)=O)nn2C)c1)c1c(C)n[nH]c1C. The summed E-state index contributed by atoms with van der Waals surface area (Å²) in [7, 11) is 1.84. The van der Waals surface area contributed by atoms with Gasteiger partial charge in [-0.2, -0.15) is 10.2 Å². The van der Waals surface area contributed by atoms with E-state index in [1.165, 1.54) is 6.92 Å². The Morgan fingerprint density at radius 2 is 2.08 bits per heavy atom. The van der Waals surface area contributed by atoms with Crippen LogP contribution in [0.2, 0.25) is 0 Å². The van der Waals surface area contributed by atoms with E-state index in [0.29, 0.717) is 5.82 Å². The van der Waals surface area contributed by atoms with E-state index in [4.69, 9.17) is 0 Å². The molecule has 3 rings (SSSR count). The number of hydrogen-bond donors (Lipinski definition) is 2. The van der Waals surface area contributed by atoms with E-state index in [0.717, 1.165) is 40.6 Å². The van der Waals surface area contributed by atoms with Crippen molar-refractivity contribution in [3.63, 3.8) is 0 Å². The minimum atomic E-state index is -0.149. The zero-order valence-electron chi connectivity index (χ0n) is 15.7. The molecule has 0 saturated heterocycles. The summed E-state index contributed by atoms with van der Waals surface area (Å²) in [5.41, 5.74) is 5.80. The lowest BCUT2D eigenvalue weighted by molar-refractivity contribution is -0.114. The molecule has 2 N–H and O–H groups in total. The van der Waals surface area contributed by atoms with Crippen molar-refractivity contribution in [1.29, 1.82) is 0 Å². The quantitative estimate of drug-likeness (QED) is 0.736. The highest BCUT2D eigenvalue weighted by Crippen LogP contribution is 2.32. The molecule has 1 amide bonds. The number of amides is 1. The van der Waals surface area contributed by atoms with Crippen LogP contribution < -0.4 is 10.2 Å². The molecule has 0 aromatic carbocycles. The van der Waals surface area contributed by atoms with Gasteiger partial charge < -0.3 is 10.2 Å². The van der Waals surface area contributed by atoms with Gasteiger partial charge in [0.2, 0.25) is 5.91 Å². The average molecular weight is 353 g/mol. The van der Waals surface area contributed by atoms with E-state index in [-0.39, 0.29) is 5.91 Å². The summed E-state index contributed by atoms with van der Waals surface area (Å²) >= 11 is 0. The summed E-state index contributed by atoms with van der Waals surface area (Å²) < 4.78 is 1.73. The third kappa shape index (κ3) is 3.30. The van der Waals surface area contributed by atoms with Gasteiger partial charge in [-0.1, -0.05) is 0 Å². The molecule has 0 aliphatic heterocycles. The van der Waals surface area contributed by atoms with E-state index in [1.54, 1.807) is 10.9 Å². The van der Waals surface area contributed by atoms with E-state index in [2.05, 4.69) is 43.5 Å². The fourth-order valence-electron chi connectivity index (χ4n) is 3.11. The van der Waals surface area contributed by atoms with Gasteiger partial charge in [0.25, 0.3) is 0 Å². The molecule has 0 bridgehead atoms. The second-order valence-corrected chi connectivity index (χ2v) is 6.18. The second kappa shape index (κ2) is 6.99. The molecular formula is C18H23N7O. The Bertz CT molecular complexity index is 921. The largest absolute Gasteiger partial charge is 0.338 e. The lowest BCUT2D eigenvalue weighted by Crippen LogP contribution is -2.17. The van der Waals surface area contributed by atoms with Gasteiger partial charge in [-0.15, -0.1) is 0 Å². The van der Waals surface area contributed by atoms with Gasteiger partial charge in [0, 0.05) is 38.3 Å². The normalized spacial score (nSPS) is 10.8. The number of pyridine rings is 1. The number of aryl methyl sites for hydroxylation is 3. The Labute approximate surface area is 152 Å². The molecule has 0 aliphatic carbocycles. The molecule has 3 aromatic rings. The van der Waals surface area contributed by atoms with Crippen LogP contribution >= 0.6 is 0 Å². The summed E-state index contributed by atoms with van der Waals surface area (Å²) in [5, 5.41) is 14.4. The Morgan fingerprint density at radius 3 is 2.69 bits per heavy atom. The average Bonchev–Trinajstić information content (AvgIpc) is 3.12. The number of H-pyrrole nitrogens is 1. The van der Waals surface area contributed by atoms with Crippen LogP contribution in [0.3, 0.4) is 0 Å². The van der Waals surface area contributed by atoms with Crippen LogP contribution in [0.1, 0.15) is 25.2 Å². The topological polar surface area (TPSA) is 91.7 Å². The van der Waals surface area contributed by atoms with Gasteiger partial charge in [-0.25, -0.2) is 0 Å². The number of hydrogen-bond acceptors (Lipinski definition) is 5. The smallest absolute Gasteiger partial charge is 0.222 e. The number of rotatable bonds is 5. The van der Waals surface area contributed by atoms with Gasteiger partial charge in [-0.3, -0.25) is 19.6 Å². The zero-order valence-corrected chi connectivity index (χ0v) is 15.7. The van der Waals surface area contributed by atoms with Crippen molar-refractivity contribution in [2.75, 3.05) is 16.8 Å². The third-order valence-electron chi connectivity index (χ3n) is 4.19. The molecule has 8 heteroatoms. The van der Waals surface area contributed by atoms with Crippen molar-refractivity contribution in [2.24, 2.45) is 7.05 Å². The fraction of sp³-hybridized carbons (Fsp3) is 0.333. The molecule has 0 atom stereocenters. The van der Waals surface area contributed by atoms with Gasteiger partial charge in [0.1, 0.15) is 0 Å². The number of nitrogens with zero attached hydrogens (tertiary/aromatic N) is 5. The Kier molecular flexibility index (Phi) is 4.75. The highest BCUT2D eigenvalue weighted by atomic mass is 16.1. The first kappa shape index (κ1) is 17.7. The first-order chi connectivity index (χ1) is 12.4. The van der Waals surface area contributed by atoms with E-state index < -0.39 is 0 Å². The number of carbonyl (C=O) groups is 1. The lowest BCUT2D eigenvalue weighted by atomic mass is 10.1. The predicted octanol–water partition coefficient (Wildman–Crippen LogP) is 2.94. The second-order valence-electron chi connectivity index (χ2n) is 6.18. The lowest BCUT2D eigenvalue weighted by Gasteiger charge is -2.23. The van der Waals surface area contributed by atoms with Crippen molar-refractivity contribution in [3.05, 3.63) is 35.9 Å². The standard InChI is InChI=1S/C18H23N7O/c1-6-25(18-11(2)21-22-12(18)3)15-7-14(9-19-10-15)16-8-17(20-13(4)26)23-24(16)5/h7-10H,6H2,1-5H3,(H,21,22)(H,20,23,26). The van der Waals surface area contributed by atoms with E-state index in [1.807, 2.05) is 33.2 Å². The first-order valence-corrected chi connectivity index (χ1v) is 8.46. The maximum atomic E-state index is 11.3. The molecule has 0 aliphatic rings. The Morgan fingerprint density at radius 1 is 1.31 bits per heavy atom. The van der Waals surface area contributed by atoms with Gasteiger partial charge in [0.15, 0.2) is 5.82 Å². The van der Waals surface area contributed by atoms with Crippen molar-refractivity contribution in [2.45, 2.75) is 27.7 Å². The summed E-state index contributed by atoms with van der Waals surface area (Å²) in [4.78, 5) is 17.8. The van der Waals surface area contributed by atoms with Crippen molar-refractivity contribution in [3.8, 4) is 11.3 Å². The molecule has 0 saturated carbocycles. The van der Waals surface area contributed by atoms with Crippen LogP contribution in [0.15, 0.2) is 24.5 Å². The van der Waals surface area contributed by atoms with Crippen LogP contribution in [-0.4, -0.2) is 37.4 Å². The third-order valence-corrected chi connectivity index (χ3v) is 4.19. The zero-order chi connectivity index (χ0) is 18.8. The molecular weight excluding hydrogens is 330 g/mol. The molecule has 0 unspecified atom stereocenters. The summed E-state index contributed by atoms with van der Waals surface area (Å²) in [6.45, 7) is 8.34. The molecule has 0 fully saturated rings. The first-order valence-electron chi connectivity index (χ1n) is 8.46. The van der Waals surface area contributed by atoms with Gasteiger partial charge in [0.05, 0.1) is 34.7 Å². The maximum absolute atomic E-state index is 11.3. The maximum Gasteiger partial charge on any atom is 0.222 e. The summed E-state index contributed by atoms with van der Waals surface area (Å²) in [6.07, 6.45) is 3.63. The number of aromatic nitrogens is 5. The van der Waals surface area contributed by atoms with Crippen LogP contribution in [0.4, 0.5) is 17.2 Å². The highest BCUT2D eigenvalue weighted by molar-refractivity contribution is 5.88. The molecule has 8 nitrogen and oxygen atoms in total. The van der Waals surface area contributed by atoms with Crippen LogP contribution in [0.5, 0.6) is 0 Å². The predicted molar refractivity (Wildman–Crippen MR) is 101 cm³/mol. The van der Waals surface area contributed by atoms with Crippen molar-refractivity contribution >= 4 is 23.1 Å². The number of aromatic amines is 1. The monoisotopic (exact) mass is 353 g/mol. The molecule has 0 radical (unpaired) electrons. The molecule has 3 aromatic heterocycles. The molecule has 0 spiro atoms. The minimum Gasteiger partial charge on any atom is -0.338 e. The Balaban J connectivity index is 2.00. The van der Waals surface area contributed by atoms with Gasteiger partial charge >= 0.3 is 0 Å². The van der Waals surface area contributed by atoms with Crippen LogP contribution in [-0.2, 0) is 11.8 Å². The van der Waals surface area contributed by atoms with Gasteiger partial charge in [-0.05, 0) is 26.8 Å². The van der Waals surface area contributed by atoms with Crippen molar-refractivity contribution < 1.29 is 4.79 Å². The van der Waals surface area contributed by atoms with Crippen molar-refractivity contribution in [1.82, 2.24) is 25.0 Å². The number of nitrogens with one attached hydrogen (secondary N) is 2. The Hall–Kier alpha value is -3.16. The number of anilines is 3. The summed E-state index contributed by atoms with van der Waals surface area (Å²) in [6, 6.07) is 3.91. The van der Waals surface area contributed by atoms with Crippen LogP contribution in [0, 0.1) is 13.8 Å². The summed E-state index contributed by atoms with van der Waals surface area (Å²) in [5.74, 6) is 0.374. The number of carbonyl (C=O) groups excluding carboxylic acids is 1. The fourth-order valence-corrected chi connectivity index (χ4v) is 3.11. The molecule has 26 heavy (non-hydrogen) atoms. The van der Waals surface area contributed by atoms with E-state index in [9.17, 15) is 4.79 Å². The molecule has 136 valence electrons. The minimum absolute atomic E-state index is 0.149. The van der Waals surface area contributed by atoms with Crippen LogP contribution in [0.25, 0.3) is 11.3 Å². The molecule has 3 heterocycles.